The number of carbonyl (C=O) groups excluding carboxylic acids is 2. The molecule has 0 saturated heterocycles. The van der Waals surface area contributed by atoms with E-state index in [0.717, 1.165) is 16.8 Å². The lowest BCUT2D eigenvalue weighted by molar-refractivity contribution is -0.136. The van der Waals surface area contributed by atoms with E-state index < -0.39 is 12.0 Å². The molecule has 0 spiro atoms. The summed E-state index contributed by atoms with van der Waals surface area (Å²) in [6, 6.07) is 12.7. The van der Waals surface area contributed by atoms with E-state index in [2.05, 4.69) is 10.3 Å². The molecule has 9 nitrogen and oxygen atoms in total. The molecule has 1 N–H and O–H groups in total. The summed E-state index contributed by atoms with van der Waals surface area (Å²) >= 11 is 1.42. The fourth-order valence-corrected chi connectivity index (χ4v) is 5.50. The van der Waals surface area contributed by atoms with Crippen molar-refractivity contribution in [3.8, 4) is 17.2 Å². The predicted molar refractivity (Wildman–Crippen MR) is 146 cm³/mol. The van der Waals surface area contributed by atoms with Gasteiger partial charge in [-0.2, -0.15) is 0 Å². The zero-order valence-electron chi connectivity index (χ0n) is 22.1. The second-order valence-electron chi connectivity index (χ2n) is 8.59. The molecular weight excluding hydrogens is 506 g/mol. The Bertz CT molecular complexity index is 1320. The minimum atomic E-state index is -0.549. The first kappa shape index (κ1) is 27.1. The highest BCUT2D eigenvalue weighted by molar-refractivity contribution is 8.16. The molecule has 0 radical (unpaired) electrons. The van der Waals surface area contributed by atoms with Gasteiger partial charge in [0, 0.05) is 17.8 Å². The van der Waals surface area contributed by atoms with Crippen molar-refractivity contribution in [3.63, 3.8) is 0 Å². The number of fused-ring (bicyclic) bond motifs is 1. The number of esters is 1. The fourth-order valence-electron chi connectivity index (χ4n) is 4.54. The van der Waals surface area contributed by atoms with Crippen molar-refractivity contribution < 1.29 is 28.5 Å². The molecule has 0 unspecified atom stereocenters. The average molecular weight is 538 g/mol. The molecule has 2 aliphatic heterocycles. The number of amidine groups is 1. The van der Waals surface area contributed by atoms with E-state index in [0.29, 0.717) is 46.7 Å². The minimum absolute atomic E-state index is 0.122. The van der Waals surface area contributed by atoms with Crippen LogP contribution in [0.4, 0.5) is 0 Å². The van der Waals surface area contributed by atoms with Crippen molar-refractivity contribution in [2.45, 2.75) is 25.8 Å². The number of amides is 1. The van der Waals surface area contributed by atoms with Crippen LogP contribution in [0.2, 0.25) is 0 Å². The summed E-state index contributed by atoms with van der Waals surface area (Å²) in [7, 11) is 6.13. The van der Waals surface area contributed by atoms with Crippen molar-refractivity contribution in [1.82, 2.24) is 10.2 Å². The van der Waals surface area contributed by atoms with Gasteiger partial charge in [-0.05, 0) is 42.5 Å². The molecule has 2 aromatic carbocycles. The molecule has 0 bridgehead atoms. The Hall–Kier alpha value is -3.92. The van der Waals surface area contributed by atoms with E-state index in [1.165, 1.54) is 18.9 Å². The second kappa shape index (κ2) is 12.1. The van der Waals surface area contributed by atoms with Gasteiger partial charge in [-0.15, -0.1) is 0 Å². The Labute approximate surface area is 226 Å². The highest BCUT2D eigenvalue weighted by Gasteiger charge is 2.42. The maximum absolute atomic E-state index is 13.0. The Kier molecular flexibility index (Phi) is 8.62. The number of hydrogen-bond donors (Lipinski definition) is 1. The van der Waals surface area contributed by atoms with Gasteiger partial charge < -0.3 is 29.2 Å². The first-order chi connectivity index (χ1) is 18.4. The number of methoxy groups -OCH3 is 4. The van der Waals surface area contributed by atoms with Crippen LogP contribution in [0.15, 0.2) is 69.8 Å². The number of hydrogen-bond acceptors (Lipinski definition) is 9. The van der Waals surface area contributed by atoms with Crippen molar-refractivity contribution in [3.05, 3.63) is 76.0 Å². The molecule has 2 heterocycles. The van der Waals surface area contributed by atoms with E-state index in [9.17, 15) is 9.59 Å². The average Bonchev–Trinajstić information content (AvgIpc) is 3.33. The Morgan fingerprint density at radius 1 is 1.00 bits per heavy atom. The van der Waals surface area contributed by atoms with Gasteiger partial charge in [0.1, 0.15) is 5.75 Å². The third-order valence-corrected chi connectivity index (χ3v) is 7.25. The highest BCUT2D eigenvalue weighted by Crippen LogP contribution is 2.46. The number of nitrogens with one attached hydrogen (secondary N) is 1. The second-order valence-corrected chi connectivity index (χ2v) is 9.43. The maximum atomic E-state index is 13.0. The molecule has 10 heteroatoms. The summed E-state index contributed by atoms with van der Waals surface area (Å²) < 4.78 is 21.4. The van der Waals surface area contributed by atoms with Crippen LogP contribution in [0.5, 0.6) is 17.2 Å². The molecule has 4 rings (SSSR count). The van der Waals surface area contributed by atoms with Crippen LogP contribution >= 0.6 is 11.8 Å². The van der Waals surface area contributed by atoms with Crippen molar-refractivity contribution in [2.75, 3.05) is 35.0 Å². The first-order valence-corrected chi connectivity index (χ1v) is 12.9. The molecular formula is C28H31N3O6S. The molecule has 38 heavy (non-hydrogen) atoms. The summed E-state index contributed by atoms with van der Waals surface area (Å²) in [5.41, 5.74) is 3.51. The van der Waals surface area contributed by atoms with Gasteiger partial charge in [0.05, 0.1) is 52.2 Å². The molecule has 0 aromatic heterocycles. The Morgan fingerprint density at radius 2 is 1.74 bits per heavy atom. The monoisotopic (exact) mass is 537 g/mol. The van der Waals surface area contributed by atoms with Gasteiger partial charge in [-0.1, -0.05) is 36.0 Å². The lowest BCUT2D eigenvalue weighted by Crippen LogP contribution is -2.38. The largest absolute Gasteiger partial charge is 0.496 e. The van der Waals surface area contributed by atoms with Gasteiger partial charge >= 0.3 is 5.97 Å². The van der Waals surface area contributed by atoms with Gasteiger partial charge in [0.15, 0.2) is 16.7 Å². The molecule has 1 atom stereocenters. The van der Waals surface area contributed by atoms with Crippen molar-refractivity contribution >= 4 is 28.8 Å². The molecule has 2 aromatic rings. The third-order valence-electron chi connectivity index (χ3n) is 6.36. The van der Waals surface area contributed by atoms with E-state index >= 15 is 0 Å². The molecule has 0 aliphatic carbocycles. The van der Waals surface area contributed by atoms with E-state index in [4.69, 9.17) is 18.9 Å². The van der Waals surface area contributed by atoms with Gasteiger partial charge in [-0.3, -0.25) is 4.79 Å². The van der Waals surface area contributed by atoms with Crippen LogP contribution in [0.25, 0.3) is 0 Å². The number of allylic oxidation sites excluding steroid dienone is 1. The summed E-state index contributed by atoms with van der Waals surface area (Å²) in [6.07, 6.45) is 0.756. The normalized spacial score (nSPS) is 16.3. The number of ether oxygens (including phenoxy) is 4. The Balaban J connectivity index is 1.51. The molecule has 1 amide bonds. The molecule has 0 fully saturated rings. The van der Waals surface area contributed by atoms with Crippen LogP contribution in [0.1, 0.15) is 30.5 Å². The predicted octanol–water partition coefficient (Wildman–Crippen LogP) is 4.21. The van der Waals surface area contributed by atoms with Crippen LogP contribution in [-0.4, -0.2) is 56.9 Å². The SMILES string of the molecule is COC(=O)C1=C(C)N=C2SC=C(CC(=O)NCCc3ccc(OC)c(OC)c3)N2[C@H]1c1ccccc1OC. The number of carbonyl (C=O) groups is 2. The number of aliphatic imine (C=N–C) groups is 1. The zero-order chi connectivity index (χ0) is 27.2. The van der Waals surface area contributed by atoms with Crippen LogP contribution in [-0.2, 0) is 20.7 Å². The number of benzene rings is 2. The molecule has 2 aliphatic rings. The quantitative estimate of drug-likeness (QED) is 0.450. The van der Waals surface area contributed by atoms with Crippen LogP contribution < -0.4 is 19.5 Å². The Morgan fingerprint density at radius 3 is 2.45 bits per heavy atom. The van der Waals surface area contributed by atoms with Crippen molar-refractivity contribution in [2.24, 2.45) is 4.99 Å². The summed E-state index contributed by atoms with van der Waals surface area (Å²) in [5.74, 6) is 1.32. The standard InChI is InChI=1S/C28H31N3O6S/c1-17-25(27(33)37-5)26(20-8-6-7-9-21(20)34-2)31-19(16-38-28(31)30-17)15-24(32)29-13-12-18-10-11-22(35-3)23(14-18)36-4/h6-11,14,16,26H,12-13,15H2,1-5H3,(H,29,32)/t26-/m0/s1. The number of thioether (sulfide) groups is 1. The number of para-hydroxylation sites is 1. The lowest BCUT2D eigenvalue weighted by Gasteiger charge is -2.36. The van der Waals surface area contributed by atoms with Gasteiger partial charge in [-0.25, -0.2) is 9.79 Å². The zero-order valence-corrected chi connectivity index (χ0v) is 22.9. The van der Waals surface area contributed by atoms with E-state index in [1.807, 2.05) is 52.8 Å². The fraction of sp³-hybridized carbons (Fsp3) is 0.321. The smallest absolute Gasteiger partial charge is 0.338 e. The van der Waals surface area contributed by atoms with Gasteiger partial charge in [0.2, 0.25) is 5.91 Å². The van der Waals surface area contributed by atoms with Gasteiger partial charge in [0.25, 0.3) is 0 Å². The molecule has 0 saturated carbocycles. The van der Waals surface area contributed by atoms with E-state index in [1.54, 1.807) is 28.3 Å². The van der Waals surface area contributed by atoms with E-state index in [-0.39, 0.29) is 12.3 Å². The minimum Gasteiger partial charge on any atom is -0.496 e. The topological polar surface area (TPSA) is 98.7 Å². The third kappa shape index (κ3) is 5.50. The summed E-state index contributed by atoms with van der Waals surface area (Å²) in [4.78, 5) is 32.5. The highest BCUT2D eigenvalue weighted by atomic mass is 32.2. The summed E-state index contributed by atoms with van der Waals surface area (Å²) in [6.45, 7) is 2.25. The van der Waals surface area contributed by atoms with Crippen molar-refractivity contribution in [1.29, 1.82) is 0 Å². The van der Waals surface area contributed by atoms with Crippen LogP contribution in [0, 0.1) is 0 Å². The maximum Gasteiger partial charge on any atom is 0.338 e. The lowest BCUT2D eigenvalue weighted by atomic mass is 9.93. The number of nitrogens with zero attached hydrogens (tertiary/aromatic N) is 2. The first-order valence-electron chi connectivity index (χ1n) is 12.0. The van der Waals surface area contributed by atoms with Crippen LogP contribution in [0.3, 0.4) is 0 Å². The molecule has 200 valence electrons. The number of rotatable bonds is 10. The summed E-state index contributed by atoms with van der Waals surface area (Å²) in [5, 5.41) is 5.59.